The Labute approximate surface area is 163 Å². The molecule has 0 spiro atoms. The molecule has 0 aromatic heterocycles. The molecule has 2 aromatic carbocycles. The third kappa shape index (κ3) is 4.57. The van der Waals surface area contributed by atoms with Crippen molar-refractivity contribution in [3.8, 4) is 0 Å². The largest absolute Gasteiger partial charge is 0.454 e. The molecule has 0 unspecified atom stereocenters. The summed E-state index contributed by atoms with van der Waals surface area (Å²) < 4.78 is 10.6. The molecule has 0 fully saturated rings. The monoisotopic (exact) mass is 381 g/mol. The van der Waals surface area contributed by atoms with Gasteiger partial charge in [-0.1, -0.05) is 37.3 Å². The lowest BCUT2D eigenvalue weighted by atomic mass is 9.93. The van der Waals surface area contributed by atoms with Crippen LogP contribution in [0.5, 0.6) is 0 Å². The third-order valence-electron chi connectivity index (χ3n) is 4.74. The maximum absolute atomic E-state index is 12.3. The van der Waals surface area contributed by atoms with Crippen molar-refractivity contribution in [2.75, 3.05) is 6.61 Å². The molecule has 146 valence electrons. The molecule has 1 aliphatic heterocycles. The lowest BCUT2D eigenvalue weighted by molar-refractivity contribution is -0.124. The summed E-state index contributed by atoms with van der Waals surface area (Å²) in [5, 5.41) is 2.74. The summed E-state index contributed by atoms with van der Waals surface area (Å²) in [6.07, 6.45) is 0.873. The maximum Gasteiger partial charge on any atom is 0.339 e. The van der Waals surface area contributed by atoms with E-state index in [2.05, 4.69) is 5.32 Å². The Kier molecular flexibility index (Phi) is 6.09. The highest BCUT2D eigenvalue weighted by Crippen LogP contribution is 2.31. The van der Waals surface area contributed by atoms with E-state index >= 15 is 0 Å². The van der Waals surface area contributed by atoms with Crippen molar-refractivity contribution in [2.45, 2.75) is 38.8 Å². The summed E-state index contributed by atoms with van der Waals surface area (Å²) in [5.41, 5.74) is 2.37. The number of amides is 1. The van der Waals surface area contributed by atoms with Crippen LogP contribution in [0.15, 0.2) is 48.5 Å². The third-order valence-corrected chi connectivity index (χ3v) is 4.74. The number of fused-ring (bicyclic) bond motifs is 1. The molecule has 1 heterocycles. The first-order chi connectivity index (χ1) is 13.5. The fourth-order valence-corrected chi connectivity index (χ4v) is 3.01. The van der Waals surface area contributed by atoms with Gasteiger partial charge < -0.3 is 14.8 Å². The molecule has 0 bridgehead atoms. The Morgan fingerprint density at radius 3 is 2.68 bits per heavy atom. The van der Waals surface area contributed by atoms with Crippen molar-refractivity contribution in [1.82, 2.24) is 5.32 Å². The van der Waals surface area contributed by atoms with E-state index in [-0.39, 0.29) is 18.6 Å². The van der Waals surface area contributed by atoms with E-state index in [1.54, 1.807) is 12.1 Å². The predicted molar refractivity (Wildman–Crippen MR) is 103 cm³/mol. The van der Waals surface area contributed by atoms with Gasteiger partial charge in [-0.2, -0.15) is 0 Å². The highest BCUT2D eigenvalue weighted by Gasteiger charge is 2.28. The topological polar surface area (TPSA) is 81.7 Å². The van der Waals surface area contributed by atoms with Gasteiger partial charge in [-0.3, -0.25) is 4.79 Å². The minimum atomic E-state index is -0.600. The lowest BCUT2D eigenvalue weighted by Gasteiger charge is -2.25. The molecule has 0 saturated carbocycles. The highest BCUT2D eigenvalue weighted by atomic mass is 16.5. The Morgan fingerprint density at radius 2 is 1.96 bits per heavy atom. The number of nitrogens with one attached hydrogen (secondary N) is 1. The van der Waals surface area contributed by atoms with Crippen molar-refractivity contribution >= 4 is 17.8 Å². The summed E-state index contributed by atoms with van der Waals surface area (Å²) in [6, 6.07) is 14.2. The molecule has 2 aromatic rings. The van der Waals surface area contributed by atoms with Crippen LogP contribution in [0.25, 0.3) is 0 Å². The number of ether oxygens (including phenoxy) is 2. The SMILES string of the molecule is CC[C@@H](C)NC(=O)COC(=O)c1ccc2c(c1)C[C@H](c1ccccc1)OC2=O. The quantitative estimate of drug-likeness (QED) is 0.777. The molecule has 1 amide bonds. The van der Waals surface area contributed by atoms with Crippen LogP contribution in [0, 0.1) is 0 Å². The van der Waals surface area contributed by atoms with Crippen LogP contribution in [-0.2, 0) is 20.7 Å². The Balaban J connectivity index is 1.69. The van der Waals surface area contributed by atoms with Crippen LogP contribution in [0.1, 0.15) is 58.2 Å². The van der Waals surface area contributed by atoms with Crippen LogP contribution in [0.4, 0.5) is 0 Å². The summed E-state index contributed by atoms with van der Waals surface area (Å²) in [7, 11) is 0. The Bertz CT molecular complexity index is 878. The number of hydrogen-bond donors (Lipinski definition) is 1. The first-order valence-electron chi connectivity index (χ1n) is 9.33. The van der Waals surface area contributed by atoms with E-state index in [0.717, 1.165) is 17.5 Å². The molecule has 6 nitrogen and oxygen atoms in total. The van der Waals surface area contributed by atoms with Crippen LogP contribution < -0.4 is 5.32 Å². The number of esters is 2. The van der Waals surface area contributed by atoms with Gasteiger partial charge in [0.15, 0.2) is 6.61 Å². The van der Waals surface area contributed by atoms with Crippen molar-refractivity contribution in [1.29, 1.82) is 0 Å². The summed E-state index contributed by atoms with van der Waals surface area (Å²) >= 11 is 0. The second-order valence-electron chi connectivity index (χ2n) is 6.83. The van der Waals surface area contributed by atoms with Gasteiger partial charge in [0.1, 0.15) is 6.10 Å². The second kappa shape index (κ2) is 8.69. The number of benzene rings is 2. The zero-order valence-corrected chi connectivity index (χ0v) is 15.9. The number of cyclic esters (lactones) is 1. The van der Waals surface area contributed by atoms with Gasteiger partial charge in [-0.25, -0.2) is 9.59 Å². The number of hydrogen-bond acceptors (Lipinski definition) is 5. The standard InChI is InChI=1S/C22H23NO5/c1-3-14(2)23-20(24)13-27-21(25)16-9-10-18-17(11-16)12-19(28-22(18)26)15-7-5-4-6-8-15/h4-11,14,19H,3,12-13H2,1-2H3,(H,23,24)/t14-,19-/m1/s1. The first-order valence-corrected chi connectivity index (χ1v) is 9.33. The van der Waals surface area contributed by atoms with E-state index in [1.165, 1.54) is 6.07 Å². The van der Waals surface area contributed by atoms with Crippen LogP contribution in [0.2, 0.25) is 0 Å². The van der Waals surface area contributed by atoms with E-state index in [1.807, 2.05) is 44.2 Å². The molecular weight excluding hydrogens is 358 g/mol. The first kappa shape index (κ1) is 19.6. The normalized spacial score (nSPS) is 16.5. The molecular formula is C22H23NO5. The van der Waals surface area contributed by atoms with Gasteiger partial charge in [0.05, 0.1) is 11.1 Å². The van der Waals surface area contributed by atoms with Gasteiger partial charge in [0.2, 0.25) is 0 Å². The van der Waals surface area contributed by atoms with E-state index in [0.29, 0.717) is 17.5 Å². The molecule has 6 heteroatoms. The second-order valence-corrected chi connectivity index (χ2v) is 6.83. The minimum Gasteiger partial charge on any atom is -0.454 e. The van der Waals surface area contributed by atoms with E-state index < -0.39 is 18.0 Å². The van der Waals surface area contributed by atoms with Crippen LogP contribution in [-0.4, -0.2) is 30.5 Å². The smallest absolute Gasteiger partial charge is 0.339 e. The number of carbonyl (C=O) groups is 3. The average molecular weight is 381 g/mol. The van der Waals surface area contributed by atoms with Gasteiger partial charge in [-0.15, -0.1) is 0 Å². The predicted octanol–water partition coefficient (Wildman–Crippen LogP) is 3.21. The Morgan fingerprint density at radius 1 is 1.21 bits per heavy atom. The van der Waals surface area contributed by atoms with Gasteiger partial charge in [0, 0.05) is 12.5 Å². The van der Waals surface area contributed by atoms with Gasteiger partial charge >= 0.3 is 11.9 Å². The van der Waals surface area contributed by atoms with Crippen molar-refractivity contribution < 1.29 is 23.9 Å². The molecule has 0 radical (unpaired) electrons. The highest BCUT2D eigenvalue weighted by molar-refractivity contribution is 5.96. The molecule has 1 aliphatic rings. The van der Waals surface area contributed by atoms with E-state index in [9.17, 15) is 14.4 Å². The summed E-state index contributed by atoms with van der Waals surface area (Å²) in [5.74, 6) is -1.35. The zero-order valence-electron chi connectivity index (χ0n) is 15.9. The average Bonchev–Trinajstić information content (AvgIpc) is 2.72. The maximum atomic E-state index is 12.3. The molecule has 3 rings (SSSR count). The number of rotatable bonds is 6. The fourth-order valence-electron chi connectivity index (χ4n) is 3.01. The lowest BCUT2D eigenvalue weighted by Crippen LogP contribution is -2.35. The van der Waals surface area contributed by atoms with Gasteiger partial charge in [0.25, 0.3) is 5.91 Å². The minimum absolute atomic E-state index is 0.0240. The van der Waals surface area contributed by atoms with Crippen molar-refractivity contribution in [3.05, 3.63) is 70.8 Å². The summed E-state index contributed by atoms with van der Waals surface area (Å²) in [4.78, 5) is 36.4. The summed E-state index contributed by atoms with van der Waals surface area (Å²) in [6.45, 7) is 3.50. The van der Waals surface area contributed by atoms with Gasteiger partial charge in [-0.05, 0) is 42.7 Å². The molecule has 0 saturated heterocycles. The van der Waals surface area contributed by atoms with Crippen LogP contribution in [0.3, 0.4) is 0 Å². The fraction of sp³-hybridized carbons (Fsp3) is 0.318. The molecule has 2 atom stereocenters. The number of carbonyl (C=O) groups excluding carboxylic acids is 3. The van der Waals surface area contributed by atoms with Crippen molar-refractivity contribution in [2.24, 2.45) is 0 Å². The molecule has 1 N–H and O–H groups in total. The van der Waals surface area contributed by atoms with E-state index in [4.69, 9.17) is 9.47 Å². The van der Waals surface area contributed by atoms with Crippen LogP contribution >= 0.6 is 0 Å². The molecule has 28 heavy (non-hydrogen) atoms. The Hall–Kier alpha value is -3.15. The zero-order chi connectivity index (χ0) is 20.1. The molecule has 0 aliphatic carbocycles. The van der Waals surface area contributed by atoms with Crippen molar-refractivity contribution in [3.63, 3.8) is 0 Å².